The van der Waals surface area contributed by atoms with Gasteiger partial charge in [-0.05, 0) is 25.2 Å². The summed E-state index contributed by atoms with van der Waals surface area (Å²) >= 11 is 0. The van der Waals surface area contributed by atoms with Crippen molar-refractivity contribution < 1.29 is 15.0 Å². The number of carboxylic acids is 1. The summed E-state index contributed by atoms with van der Waals surface area (Å²) < 4.78 is 0. The second kappa shape index (κ2) is 3.87. The molecule has 2 atom stereocenters. The molecule has 0 radical (unpaired) electrons. The Hall–Kier alpha value is -0.610. The Balaban J connectivity index is 1.71. The van der Waals surface area contributed by atoms with Crippen molar-refractivity contribution in [2.45, 2.75) is 25.4 Å². The highest BCUT2D eigenvalue weighted by Crippen LogP contribution is 2.32. The lowest BCUT2D eigenvalue weighted by molar-refractivity contribution is -0.141. The van der Waals surface area contributed by atoms with E-state index in [1.807, 2.05) is 0 Å². The zero-order chi connectivity index (χ0) is 10.1. The summed E-state index contributed by atoms with van der Waals surface area (Å²) in [7, 11) is 0. The fourth-order valence-electron chi connectivity index (χ4n) is 2.52. The second-order valence-electron chi connectivity index (χ2n) is 4.59. The maximum atomic E-state index is 10.7. The van der Waals surface area contributed by atoms with Crippen molar-refractivity contribution in [3.8, 4) is 0 Å². The van der Waals surface area contributed by atoms with Crippen LogP contribution in [0.4, 0.5) is 0 Å². The molecule has 0 aromatic carbocycles. The van der Waals surface area contributed by atoms with Gasteiger partial charge in [0.25, 0.3) is 0 Å². The lowest BCUT2D eigenvalue weighted by Gasteiger charge is -2.37. The van der Waals surface area contributed by atoms with E-state index in [1.54, 1.807) is 0 Å². The normalized spacial score (nSPS) is 34.4. The molecule has 14 heavy (non-hydrogen) atoms. The highest BCUT2D eigenvalue weighted by molar-refractivity contribution is 5.70. The van der Waals surface area contributed by atoms with Crippen LogP contribution in [0, 0.1) is 11.8 Å². The number of carbonyl (C=O) groups is 1. The number of hydrogen-bond donors (Lipinski definition) is 2. The topological polar surface area (TPSA) is 60.8 Å². The molecular formula is C10H17NO3. The third-order valence-electron chi connectivity index (χ3n) is 3.34. The van der Waals surface area contributed by atoms with Crippen LogP contribution in [0.5, 0.6) is 0 Å². The zero-order valence-corrected chi connectivity index (χ0v) is 8.22. The van der Waals surface area contributed by atoms with Crippen molar-refractivity contribution in [3.63, 3.8) is 0 Å². The molecule has 0 amide bonds. The lowest BCUT2D eigenvalue weighted by Crippen LogP contribution is -2.52. The van der Waals surface area contributed by atoms with E-state index >= 15 is 0 Å². The van der Waals surface area contributed by atoms with Crippen molar-refractivity contribution in [3.05, 3.63) is 0 Å². The molecule has 0 aromatic rings. The molecular weight excluding hydrogens is 182 g/mol. The molecule has 4 nitrogen and oxygen atoms in total. The Labute approximate surface area is 83.5 Å². The molecule has 2 rings (SSSR count). The predicted molar refractivity (Wildman–Crippen MR) is 50.9 cm³/mol. The SMILES string of the molecule is O=C(O)C1CCC(CN2CC(O)C2)C1. The summed E-state index contributed by atoms with van der Waals surface area (Å²) in [4.78, 5) is 12.9. The number of aliphatic hydroxyl groups is 1. The van der Waals surface area contributed by atoms with E-state index in [0.29, 0.717) is 5.92 Å². The molecule has 4 heteroatoms. The number of likely N-dealkylation sites (tertiary alicyclic amines) is 1. The number of β-amino-alcohol motifs (C(OH)–C–C–N with tert-alkyl or cyclic N) is 1. The van der Waals surface area contributed by atoms with E-state index in [4.69, 9.17) is 10.2 Å². The molecule has 2 aliphatic rings. The maximum Gasteiger partial charge on any atom is 0.306 e. The minimum absolute atomic E-state index is 0.119. The molecule has 1 saturated carbocycles. The van der Waals surface area contributed by atoms with Crippen LogP contribution in [0.25, 0.3) is 0 Å². The van der Waals surface area contributed by atoms with E-state index in [0.717, 1.165) is 38.9 Å². The van der Waals surface area contributed by atoms with Gasteiger partial charge in [0.2, 0.25) is 0 Å². The minimum atomic E-state index is -0.642. The third-order valence-corrected chi connectivity index (χ3v) is 3.34. The lowest BCUT2D eigenvalue weighted by atomic mass is 10.0. The second-order valence-corrected chi connectivity index (χ2v) is 4.59. The molecule has 2 fully saturated rings. The van der Waals surface area contributed by atoms with Crippen LogP contribution >= 0.6 is 0 Å². The molecule has 1 aliphatic carbocycles. The Kier molecular flexibility index (Phi) is 2.74. The molecule has 1 aliphatic heterocycles. The molecule has 80 valence electrons. The van der Waals surface area contributed by atoms with E-state index in [9.17, 15) is 4.79 Å². The van der Waals surface area contributed by atoms with Crippen LogP contribution in [0.15, 0.2) is 0 Å². The number of nitrogens with zero attached hydrogens (tertiary/aromatic N) is 1. The molecule has 2 unspecified atom stereocenters. The van der Waals surface area contributed by atoms with Gasteiger partial charge in [-0.3, -0.25) is 9.69 Å². The van der Waals surface area contributed by atoms with E-state index < -0.39 is 5.97 Å². The number of rotatable bonds is 3. The van der Waals surface area contributed by atoms with E-state index in [1.165, 1.54) is 0 Å². The van der Waals surface area contributed by atoms with Gasteiger partial charge in [-0.15, -0.1) is 0 Å². The van der Waals surface area contributed by atoms with Gasteiger partial charge in [0.05, 0.1) is 12.0 Å². The first-order valence-electron chi connectivity index (χ1n) is 5.28. The molecule has 0 aromatic heterocycles. The van der Waals surface area contributed by atoms with E-state index in [-0.39, 0.29) is 12.0 Å². The zero-order valence-electron chi connectivity index (χ0n) is 8.22. The quantitative estimate of drug-likeness (QED) is 0.680. The Bertz CT molecular complexity index is 225. The minimum Gasteiger partial charge on any atom is -0.481 e. The van der Waals surface area contributed by atoms with Gasteiger partial charge in [-0.1, -0.05) is 0 Å². The molecule has 2 N–H and O–H groups in total. The van der Waals surface area contributed by atoms with Gasteiger partial charge in [0, 0.05) is 19.6 Å². The highest BCUT2D eigenvalue weighted by Gasteiger charge is 2.33. The van der Waals surface area contributed by atoms with Gasteiger partial charge in [0.15, 0.2) is 0 Å². The van der Waals surface area contributed by atoms with Crippen molar-refractivity contribution in [1.82, 2.24) is 4.90 Å². The van der Waals surface area contributed by atoms with Gasteiger partial charge in [0.1, 0.15) is 0 Å². The largest absolute Gasteiger partial charge is 0.481 e. The van der Waals surface area contributed by atoms with Crippen LogP contribution in [0.3, 0.4) is 0 Å². The number of aliphatic carboxylic acids is 1. The van der Waals surface area contributed by atoms with Crippen LogP contribution in [0.1, 0.15) is 19.3 Å². The number of aliphatic hydroxyl groups excluding tert-OH is 1. The summed E-state index contributed by atoms with van der Waals surface area (Å²) in [5.74, 6) is -0.231. The van der Waals surface area contributed by atoms with Crippen molar-refractivity contribution in [2.24, 2.45) is 11.8 Å². The predicted octanol–water partition coefficient (Wildman–Crippen LogP) is 0.164. The average molecular weight is 199 g/mol. The first-order chi connectivity index (χ1) is 6.65. The smallest absolute Gasteiger partial charge is 0.306 e. The Morgan fingerprint density at radius 1 is 1.36 bits per heavy atom. The summed E-state index contributed by atoms with van der Waals surface area (Å²) in [6.45, 7) is 2.52. The fourth-order valence-corrected chi connectivity index (χ4v) is 2.52. The molecule has 1 heterocycles. The van der Waals surface area contributed by atoms with E-state index in [2.05, 4.69) is 4.90 Å². The first-order valence-corrected chi connectivity index (χ1v) is 5.28. The fraction of sp³-hybridized carbons (Fsp3) is 0.900. The Morgan fingerprint density at radius 3 is 2.57 bits per heavy atom. The summed E-state index contributed by atoms with van der Waals surface area (Å²) in [5.41, 5.74) is 0. The van der Waals surface area contributed by atoms with Crippen LogP contribution in [0.2, 0.25) is 0 Å². The summed E-state index contributed by atoms with van der Waals surface area (Å²) in [6.07, 6.45) is 2.54. The summed E-state index contributed by atoms with van der Waals surface area (Å²) in [6, 6.07) is 0. The number of carboxylic acid groups (broad SMARTS) is 1. The average Bonchev–Trinajstić information content (AvgIpc) is 2.50. The molecule has 0 spiro atoms. The van der Waals surface area contributed by atoms with Crippen molar-refractivity contribution in [1.29, 1.82) is 0 Å². The van der Waals surface area contributed by atoms with Gasteiger partial charge < -0.3 is 10.2 Å². The highest BCUT2D eigenvalue weighted by atomic mass is 16.4. The van der Waals surface area contributed by atoms with Crippen LogP contribution in [-0.2, 0) is 4.79 Å². The third kappa shape index (κ3) is 2.07. The summed E-state index contributed by atoms with van der Waals surface area (Å²) in [5, 5.41) is 17.9. The van der Waals surface area contributed by atoms with Gasteiger partial charge in [-0.2, -0.15) is 0 Å². The molecule has 0 bridgehead atoms. The van der Waals surface area contributed by atoms with Crippen molar-refractivity contribution in [2.75, 3.05) is 19.6 Å². The van der Waals surface area contributed by atoms with Crippen LogP contribution < -0.4 is 0 Å². The Morgan fingerprint density at radius 2 is 2.07 bits per heavy atom. The maximum absolute atomic E-state index is 10.7. The molecule has 1 saturated heterocycles. The van der Waals surface area contributed by atoms with Crippen molar-refractivity contribution >= 4 is 5.97 Å². The standard InChI is InChI=1S/C10H17NO3/c12-9-5-11(6-9)4-7-1-2-8(3-7)10(13)14/h7-9,12H,1-6H2,(H,13,14). The first kappa shape index (κ1) is 9.93. The van der Waals surface area contributed by atoms with Crippen LogP contribution in [-0.4, -0.2) is 46.8 Å². The van der Waals surface area contributed by atoms with Gasteiger partial charge in [-0.25, -0.2) is 0 Å². The number of hydrogen-bond acceptors (Lipinski definition) is 3. The van der Waals surface area contributed by atoms with Gasteiger partial charge >= 0.3 is 5.97 Å². The monoisotopic (exact) mass is 199 g/mol.